The zero-order valence-electron chi connectivity index (χ0n) is 11.6. The van der Waals surface area contributed by atoms with E-state index < -0.39 is 0 Å². The minimum absolute atomic E-state index is 0.0270. The average Bonchev–Trinajstić information content (AvgIpc) is 2.66. The molecule has 5 unspecified atom stereocenters. The molecule has 0 spiro atoms. The van der Waals surface area contributed by atoms with Gasteiger partial charge in [0.2, 0.25) is 0 Å². The molecule has 2 saturated carbocycles. The van der Waals surface area contributed by atoms with Gasteiger partial charge in [-0.3, -0.25) is 4.79 Å². The van der Waals surface area contributed by atoms with Crippen LogP contribution in [-0.2, 0) is 9.53 Å². The lowest BCUT2D eigenvalue weighted by atomic mass is 9.46. The normalized spacial score (nSPS) is 50.3. The molecule has 1 N–H and O–H groups in total. The van der Waals surface area contributed by atoms with E-state index >= 15 is 0 Å². The van der Waals surface area contributed by atoms with Gasteiger partial charge >= 0.3 is 5.97 Å². The van der Waals surface area contributed by atoms with E-state index in [-0.39, 0.29) is 34.7 Å². The maximum absolute atomic E-state index is 12.1. The van der Waals surface area contributed by atoms with Crippen molar-refractivity contribution in [3.05, 3.63) is 0 Å². The van der Waals surface area contributed by atoms with E-state index in [1.807, 2.05) is 0 Å². The highest BCUT2D eigenvalue weighted by molar-refractivity contribution is 5.76. The minimum atomic E-state index is -0.364. The fourth-order valence-corrected chi connectivity index (χ4v) is 5.17. The number of rotatable bonds is 0. The summed E-state index contributed by atoms with van der Waals surface area (Å²) in [5.74, 6) is 0.322. The summed E-state index contributed by atoms with van der Waals surface area (Å²) < 4.78 is 5.25. The third-order valence-electron chi connectivity index (χ3n) is 6.06. The number of hydrogen-bond donors (Lipinski definition) is 1. The number of carbonyl (C=O) groups excluding carboxylic acids is 1. The highest BCUT2D eigenvalue weighted by Crippen LogP contribution is 2.62. The van der Waals surface area contributed by atoms with E-state index in [2.05, 4.69) is 20.8 Å². The van der Waals surface area contributed by atoms with Gasteiger partial charge in [0, 0.05) is 5.92 Å². The standard InChI is InChI=1S/C15H24O3/c1-14(2)5-4-6-15(3)11(14)7-10(16)9-8-18-13(17)12(9)15/h9-12,16H,4-8H2,1-3H3. The Balaban J connectivity index is 2.02. The molecule has 0 amide bonds. The first-order valence-corrected chi connectivity index (χ1v) is 7.21. The number of fused-ring (bicyclic) bond motifs is 3. The molecular weight excluding hydrogens is 228 g/mol. The van der Waals surface area contributed by atoms with Gasteiger partial charge in [-0.05, 0) is 36.0 Å². The first-order valence-electron chi connectivity index (χ1n) is 7.21. The van der Waals surface area contributed by atoms with Crippen molar-refractivity contribution in [3.8, 4) is 0 Å². The Bertz CT molecular complexity index is 376. The summed E-state index contributed by atoms with van der Waals surface area (Å²) in [6.45, 7) is 7.27. The molecule has 0 aromatic heterocycles. The molecule has 0 radical (unpaired) electrons. The van der Waals surface area contributed by atoms with Crippen molar-refractivity contribution < 1.29 is 14.6 Å². The Morgan fingerprint density at radius 2 is 2.00 bits per heavy atom. The quantitative estimate of drug-likeness (QED) is 0.673. The molecular formula is C15H24O3. The van der Waals surface area contributed by atoms with Crippen molar-refractivity contribution in [2.24, 2.45) is 28.6 Å². The summed E-state index contributed by atoms with van der Waals surface area (Å²) >= 11 is 0. The molecule has 3 nitrogen and oxygen atoms in total. The van der Waals surface area contributed by atoms with Gasteiger partial charge in [-0.15, -0.1) is 0 Å². The van der Waals surface area contributed by atoms with Crippen LogP contribution in [0.3, 0.4) is 0 Å². The van der Waals surface area contributed by atoms with Gasteiger partial charge in [-0.2, -0.15) is 0 Å². The summed E-state index contributed by atoms with van der Waals surface area (Å²) in [5.41, 5.74) is 0.251. The fraction of sp³-hybridized carbons (Fsp3) is 0.933. The van der Waals surface area contributed by atoms with Gasteiger partial charge in [-0.25, -0.2) is 0 Å². The van der Waals surface area contributed by atoms with Gasteiger partial charge in [0.1, 0.15) is 0 Å². The van der Waals surface area contributed by atoms with Gasteiger partial charge in [0.15, 0.2) is 0 Å². The van der Waals surface area contributed by atoms with Crippen molar-refractivity contribution in [1.82, 2.24) is 0 Å². The maximum Gasteiger partial charge on any atom is 0.310 e. The van der Waals surface area contributed by atoms with Crippen molar-refractivity contribution in [2.45, 2.75) is 52.6 Å². The maximum atomic E-state index is 12.1. The lowest BCUT2D eigenvalue weighted by molar-refractivity contribution is -0.160. The Morgan fingerprint density at radius 3 is 2.72 bits per heavy atom. The lowest BCUT2D eigenvalue weighted by Crippen LogP contribution is -2.56. The molecule has 102 valence electrons. The van der Waals surface area contributed by atoms with E-state index in [0.29, 0.717) is 12.5 Å². The molecule has 3 fully saturated rings. The first kappa shape index (κ1) is 12.5. The Kier molecular flexibility index (Phi) is 2.58. The highest BCUT2D eigenvalue weighted by atomic mass is 16.5. The third-order valence-corrected chi connectivity index (χ3v) is 6.06. The van der Waals surface area contributed by atoms with Crippen molar-refractivity contribution in [1.29, 1.82) is 0 Å². The predicted octanol–water partition coefficient (Wildman–Crippen LogP) is 2.37. The van der Waals surface area contributed by atoms with Crippen molar-refractivity contribution in [3.63, 3.8) is 0 Å². The number of aliphatic hydroxyl groups is 1. The van der Waals surface area contributed by atoms with E-state index in [4.69, 9.17) is 4.74 Å². The van der Waals surface area contributed by atoms with Crippen molar-refractivity contribution >= 4 is 5.97 Å². The van der Waals surface area contributed by atoms with Crippen molar-refractivity contribution in [2.75, 3.05) is 6.61 Å². The van der Waals surface area contributed by atoms with Crippen LogP contribution in [0.5, 0.6) is 0 Å². The first-order chi connectivity index (χ1) is 8.36. The van der Waals surface area contributed by atoms with E-state index in [0.717, 1.165) is 12.8 Å². The molecule has 3 heteroatoms. The highest BCUT2D eigenvalue weighted by Gasteiger charge is 2.62. The zero-order valence-corrected chi connectivity index (χ0v) is 11.6. The second-order valence-electron chi connectivity index (χ2n) is 7.48. The third kappa shape index (κ3) is 1.49. The Labute approximate surface area is 109 Å². The van der Waals surface area contributed by atoms with E-state index in [1.165, 1.54) is 12.8 Å². The lowest BCUT2D eigenvalue weighted by Gasteiger charge is -2.57. The van der Waals surface area contributed by atoms with Crippen LogP contribution in [0.4, 0.5) is 0 Å². The Hall–Kier alpha value is -0.570. The predicted molar refractivity (Wildman–Crippen MR) is 67.8 cm³/mol. The SMILES string of the molecule is CC1(C)CCCC2(C)C3C(=O)OCC3C(O)CC12. The second kappa shape index (κ2) is 3.72. The summed E-state index contributed by atoms with van der Waals surface area (Å²) in [7, 11) is 0. The topological polar surface area (TPSA) is 46.5 Å². The molecule has 1 saturated heterocycles. The van der Waals surface area contributed by atoms with E-state index in [9.17, 15) is 9.90 Å². The summed E-state index contributed by atoms with van der Waals surface area (Å²) in [4.78, 5) is 12.1. The van der Waals surface area contributed by atoms with Crippen LogP contribution in [0.15, 0.2) is 0 Å². The van der Waals surface area contributed by atoms with Crippen LogP contribution in [0.2, 0.25) is 0 Å². The second-order valence-corrected chi connectivity index (χ2v) is 7.48. The van der Waals surface area contributed by atoms with Crippen LogP contribution in [0, 0.1) is 28.6 Å². The molecule has 18 heavy (non-hydrogen) atoms. The number of cyclic esters (lactones) is 1. The largest absolute Gasteiger partial charge is 0.465 e. The molecule has 0 aromatic carbocycles. The molecule has 1 heterocycles. The summed E-state index contributed by atoms with van der Waals surface area (Å²) in [5, 5.41) is 10.4. The average molecular weight is 252 g/mol. The fourth-order valence-electron chi connectivity index (χ4n) is 5.17. The van der Waals surface area contributed by atoms with Crippen LogP contribution >= 0.6 is 0 Å². The van der Waals surface area contributed by atoms with E-state index in [1.54, 1.807) is 0 Å². The molecule has 0 bridgehead atoms. The van der Waals surface area contributed by atoms with Gasteiger partial charge in [0.25, 0.3) is 0 Å². The van der Waals surface area contributed by atoms with Crippen LogP contribution in [-0.4, -0.2) is 23.8 Å². The monoisotopic (exact) mass is 252 g/mol. The van der Waals surface area contributed by atoms with Crippen LogP contribution in [0.25, 0.3) is 0 Å². The smallest absolute Gasteiger partial charge is 0.310 e. The Morgan fingerprint density at radius 1 is 1.28 bits per heavy atom. The number of aliphatic hydroxyl groups excluding tert-OH is 1. The zero-order chi connectivity index (χ0) is 13.1. The van der Waals surface area contributed by atoms with Gasteiger partial charge in [0.05, 0.1) is 18.6 Å². The van der Waals surface area contributed by atoms with Crippen LogP contribution in [0.1, 0.15) is 46.5 Å². The molecule has 0 aromatic rings. The molecule has 5 atom stereocenters. The number of ether oxygens (including phenoxy) is 1. The molecule has 2 aliphatic carbocycles. The number of carbonyl (C=O) groups is 1. The summed E-state index contributed by atoms with van der Waals surface area (Å²) in [6.07, 6.45) is 3.96. The minimum Gasteiger partial charge on any atom is -0.465 e. The van der Waals surface area contributed by atoms with Gasteiger partial charge in [-0.1, -0.05) is 27.2 Å². The van der Waals surface area contributed by atoms with Gasteiger partial charge < -0.3 is 9.84 Å². The summed E-state index contributed by atoms with van der Waals surface area (Å²) in [6, 6.07) is 0. The number of esters is 1. The number of hydrogen-bond acceptors (Lipinski definition) is 3. The molecule has 3 rings (SSSR count). The molecule has 1 aliphatic heterocycles. The van der Waals surface area contributed by atoms with Crippen LogP contribution < -0.4 is 0 Å². The molecule has 3 aliphatic rings.